The van der Waals surface area contributed by atoms with Gasteiger partial charge in [-0.1, -0.05) is 13.3 Å². The van der Waals surface area contributed by atoms with Crippen molar-refractivity contribution in [2.24, 2.45) is 5.92 Å². The molecule has 2 aliphatic rings. The minimum absolute atomic E-state index is 0.0532. The second kappa shape index (κ2) is 4.86. The molecule has 0 radical (unpaired) electrons. The predicted octanol–water partition coefficient (Wildman–Crippen LogP) is 2.42. The van der Waals surface area contributed by atoms with E-state index in [-0.39, 0.29) is 6.03 Å². The summed E-state index contributed by atoms with van der Waals surface area (Å²) in [5, 5.41) is 6.06. The highest BCUT2D eigenvalue weighted by atomic mass is 16.2. The van der Waals surface area contributed by atoms with Crippen LogP contribution in [0.1, 0.15) is 51.9 Å². The number of urea groups is 1. The Bertz CT molecular complexity index is 218. The summed E-state index contributed by atoms with van der Waals surface area (Å²) in [6.45, 7) is 2.26. The van der Waals surface area contributed by atoms with Gasteiger partial charge < -0.3 is 10.6 Å². The second-order valence-electron chi connectivity index (χ2n) is 5.02. The Morgan fingerprint density at radius 1 is 1.00 bits per heavy atom. The first-order valence-electron chi connectivity index (χ1n) is 6.35. The van der Waals surface area contributed by atoms with Gasteiger partial charge in [0.15, 0.2) is 0 Å². The number of rotatable bonds is 3. The Morgan fingerprint density at radius 2 is 1.47 bits per heavy atom. The lowest BCUT2D eigenvalue weighted by atomic mass is 9.85. The van der Waals surface area contributed by atoms with Crippen LogP contribution in [0.2, 0.25) is 0 Å². The van der Waals surface area contributed by atoms with E-state index in [1.54, 1.807) is 0 Å². The third kappa shape index (κ3) is 3.40. The summed E-state index contributed by atoms with van der Waals surface area (Å²) in [5.41, 5.74) is 0. The molecular formula is C12H22N2O. The SMILES string of the molecule is CCC1CCC(NC(=O)NC2CC2)CC1. The van der Waals surface area contributed by atoms with Crippen molar-refractivity contribution in [2.45, 2.75) is 64.0 Å². The zero-order valence-corrected chi connectivity index (χ0v) is 9.59. The third-order valence-electron chi connectivity index (χ3n) is 3.67. The van der Waals surface area contributed by atoms with Crippen LogP contribution >= 0.6 is 0 Å². The Hall–Kier alpha value is -0.730. The average molecular weight is 210 g/mol. The summed E-state index contributed by atoms with van der Waals surface area (Å²) < 4.78 is 0. The van der Waals surface area contributed by atoms with Crippen molar-refractivity contribution >= 4 is 6.03 Å². The van der Waals surface area contributed by atoms with Crippen molar-refractivity contribution in [1.29, 1.82) is 0 Å². The predicted molar refractivity (Wildman–Crippen MR) is 60.7 cm³/mol. The zero-order chi connectivity index (χ0) is 10.7. The molecule has 2 saturated carbocycles. The maximum atomic E-state index is 11.5. The summed E-state index contributed by atoms with van der Waals surface area (Å²) in [7, 11) is 0. The molecule has 2 amide bonds. The highest BCUT2D eigenvalue weighted by molar-refractivity contribution is 5.74. The number of hydrogen-bond acceptors (Lipinski definition) is 1. The van der Waals surface area contributed by atoms with Crippen LogP contribution in [0.25, 0.3) is 0 Å². The van der Waals surface area contributed by atoms with Crippen LogP contribution < -0.4 is 10.6 Å². The number of carbonyl (C=O) groups excluding carboxylic acids is 1. The fraction of sp³-hybridized carbons (Fsp3) is 0.917. The van der Waals surface area contributed by atoms with Gasteiger partial charge in [0.05, 0.1) is 0 Å². The molecule has 0 heterocycles. The Labute approximate surface area is 92.0 Å². The van der Waals surface area contributed by atoms with E-state index in [0.29, 0.717) is 12.1 Å². The van der Waals surface area contributed by atoms with Gasteiger partial charge in [-0.2, -0.15) is 0 Å². The lowest BCUT2D eigenvalue weighted by molar-refractivity contribution is 0.226. The van der Waals surface area contributed by atoms with Crippen molar-refractivity contribution in [2.75, 3.05) is 0 Å². The molecule has 3 nitrogen and oxygen atoms in total. The minimum Gasteiger partial charge on any atom is -0.335 e. The van der Waals surface area contributed by atoms with Crippen LogP contribution in [-0.2, 0) is 0 Å². The molecule has 0 aromatic heterocycles. The molecule has 86 valence electrons. The first-order chi connectivity index (χ1) is 7.28. The van der Waals surface area contributed by atoms with E-state index >= 15 is 0 Å². The first kappa shape index (κ1) is 10.8. The van der Waals surface area contributed by atoms with Gasteiger partial charge in [0.1, 0.15) is 0 Å². The van der Waals surface area contributed by atoms with E-state index in [1.807, 2.05) is 0 Å². The number of nitrogens with one attached hydrogen (secondary N) is 2. The lowest BCUT2D eigenvalue weighted by Crippen LogP contribution is -2.44. The molecule has 0 aromatic carbocycles. The highest BCUT2D eigenvalue weighted by Crippen LogP contribution is 2.26. The largest absolute Gasteiger partial charge is 0.335 e. The van der Waals surface area contributed by atoms with Gasteiger partial charge in [-0.15, -0.1) is 0 Å². The number of hydrogen-bond donors (Lipinski definition) is 2. The molecule has 0 saturated heterocycles. The molecule has 2 rings (SSSR count). The molecule has 3 heteroatoms. The number of amides is 2. The summed E-state index contributed by atoms with van der Waals surface area (Å²) in [6.07, 6.45) is 8.51. The molecule has 0 aliphatic heterocycles. The molecule has 0 spiro atoms. The maximum absolute atomic E-state index is 11.5. The van der Waals surface area contributed by atoms with Crippen LogP contribution in [0.4, 0.5) is 4.79 Å². The molecule has 2 fully saturated rings. The van der Waals surface area contributed by atoms with Gasteiger partial charge in [-0.25, -0.2) is 4.79 Å². The van der Waals surface area contributed by atoms with Crippen molar-refractivity contribution < 1.29 is 4.79 Å². The van der Waals surface area contributed by atoms with Gasteiger partial charge in [-0.3, -0.25) is 0 Å². The summed E-state index contributed by atoms with van der Waals surface area (Å²) >= 11 is 0. The maximum Gasteiger partial charge on any atom is 0.315 e. The van der Waals surface area contributed by atoms with E-state index in [9.17, 15) is 4.79 Å². The number of carbonyl (C=O) groups is 1. The van der Waals surface area contributed by atoms with E-state index < -0.39 is 0 Å². The van der Waals surface area contributed by atoms with Gasteiger partial charge in [0, 0.05) is 12.1 Å². The highest BCUT2D eigenvalue weighted by Gasteiger charge is 2.25. The summed E-state index contributed by atoms with van der Waals surface area (Å²) in [4.78, 5) is 11.5. The van der Waals surface area contributed by atoms with E-state index in [2.05, 4.69) is 17.6 Å². The van der Waals surface area contributed by atoms with Gasteiger partial charge in [-0.05, 0) is 44.4 Å². The fourth-order valence-electron chi connectivity index (χ4n) is 2.36. The molecule has 0 unspecified atom stereocenters. The monoisotopic (exact) mass is 210 g/mol. The van der Waals surface area contributed by atoms with E-state index in [4.69, 9.17) is 0 Å². The zero-order valence-electron chi connectivity index (χ0n) is 9.59. The Morgan fingerprint density at radius 3 is 1.87 bits per heavy atom. The van der Waals surface area contributed by atoms with E-state index in [0.717, 1.165) is 31.6 Å². The molecule has 0 aromatic rings. The van der Waals surface area contributed by atoms with Crippen molar-refractivity contribution in [3.63, 3.8) is 0 Å². The topological polar surface area (TPSA) is 41.1 Å². The normalized spacial score (nSPS) is 31.0. The second-order valence-corrected chi connectivity index (χ2v) is 5.02. The Kier molecular flexibility index (Phi) is 3.49. The molecule has 2 aliphatic carbocycles. The molecule has 0 bridgehead atoms. The average Bonchev–Trinajstić information content (AvgIpc) is 3.03. The Balaban J connectivity index is 1.64. The van der Waals surface area contributed by atoms with Crippen LogP contribution in [0, 0.1) is 5.92 Å². The van der Waals surface area contributed by atoms with Crippen molar-refractivity contribution in [1.82, 2.24) is 10.6 Å². The summed E-state index contributed by atoms with van der Waals surface area (Å²) in [6, 6.07) is 0.945. The first-order valence-corrected chi connectivity index (χ1v) is 6.35. The van der Waals surface area contributed by atoms with Crippen LogP contribution in [0.15, 0.2) is 0 Å². The quantitative estimate of drug-likeness (QED) is 0.738. The van der Waals surface area contributed by atoms with Crippen LogP contribution in [0.3, 0.4) is 0 Å². The van der Waals surface area contributed by atoms with Gasteiger partial charge in [0.25, 0.3) is 0 Å². The van der Waals surface area contributed by atoms with Gasteiger partial charge >= 0.3 is 6.03 Å². The standard InChI is InChI=1S/C12H22N2O/c1-2-9-3-5-10(6-4-9)13-12(15)14-11-7-8-11/h9-11H,2-8H2,1H3,(H2,13,14,15). The van der Waals surface area contributed by atoms with Crippen molar-refractivity contribution in [3.8, 4) is 0 Å². The molecular weight excluding hydrogens is 188 g/mol. The molecule has 2 N–H and O–H groups in total. The minimum atomic E-state index is 0.0532. The third-order valence-corrected chi connectivity index (χ3v) is 3.67. The fourth-order valence-corrected chi connectivity index (χ4v) is 2.36. The van der Waals surface area contributed by atoms with Crippen LogP contribution in [0.5, 0.6) is 0 Å². The van der Waals surface area contributed by atoms with Crippen molar-refractivity contribution in [3.05, 3.63) is 0 Å². The smallest absolute Gasteiger partial charge is 0.315 e. The lowest BCUT2D eigenvalue weighted by Gasteiger charge is -2.28. The molecule has 0 atom stereocenters. The van der Waals surface area contributed by atoms with Gasteiger partial charge in [0.2, 0.25) is 0 Å². The van der Waals surface area contributed by atoms with Crippen LogP contribution in [-0.4, -0.2) is 18.1 Å². The molecule has 15 heavy (non-hydrogen) atoms. The van der Waals surface area contributed by atoms with E-state index in [1.165, 1.54) is 19.3 Å². The summed E-state index contributed by atoms with van der Waals surface area (Å²) in [5.74, 6) is 0.898.